The van der Waals surface area contributed by atoms with Crippen molar-refractivity contribution in [3.63, 3.8) is 0 Å². The van der Waals surface area contributed by atoms with Crippen molar-refractivity contribution in [3.05, 3.63) is 88.9 Å². The Hall–Kier alpha value is -3.92. The maximum atomic E-state index is 13.0. The molecular weight excluding hydrogens is 447 g/mol. The van der Waals surface area contributed by atoms with Gasteiger partial charge in [-0.05, 0) is 48.5 Å². The van der Waals surface area contributed by atoms with Crippen LogP contribution in [0.4, 0.5) is 10.1 Å². The lowest BCUT2D eigenvalue weighted by Gasteiger charge is -2.12. The van der Waals surface area contributed by atoms with Crippen LogP contribution in [-0.2, 0) is 16.1 Å². The number of carbonyl (C=O) groups excluding carboxylic acids is 2. The second-order valence-electron chi connectivity index (χ2n) is 7.00. The first-order chi connectivity index (χ1) is 16.0. The predicted molar refractivity (Wildman–Crippen MR) is 123 cm³/mol. The van der Waals surface area contributed by atoms with Gasteiger partial charge in [-0.15, -0.1) is 0 Å². The monoisotopic (exact) mass is 466 g/mol. The van der Waals surface area contributed by atoms with Crippen molar-refractivity contribution in [1.82, 2.24) is 14.9 Å². The summed E-state index contributed by atoms with van der Waals surface area (Å²) in [5.74, 6) is -0.726. The Morgan fingerprint density at radius 2 is 1.82 bits per heavy atom. The molecular formula is C23H19FN4O4S. The first-order valence-electron chi connectivity index (χ1n) is 9.96. The van der Waals surface area contributed by atoms with E-state index in [2.05, 4.69) is 15.6 Å². The van der Waals surface area contributed by atoms with Crippen molar-refractivity contribution in [3.8, 4) is 0 Å². The van der Waals surface area contributed by atoms with Gasteiger partial charge in [0.1, 0.15) is 11.6 Å². The van der Waals surface area contributed by atoms with E-state index in [9.17, 15) is 18.8 Å². The number of nitrogens with one attached hydrogen (secondary N) is 2. The minimum absolute atomic E-state index is 0.0488. The maximum absolute atomic E-state index is 13.0. The highest BCUT2D eigenvalue weighted by Crippen LogP contribution is 2.19. The van der Waals surface area contributed by atoms with E-state index < -0.39 is 17.6 Å². The van der Waals surface area contributed by atoms with Crippen LogP contribution in [0.25, 0.3) is 10.9 Å². The highest BCUT2D eigenvalue weighted by molar-refractivity contribution is 7.99. The average Bonchev–Trinajstić information content (AvgIpc) is 3.33. The summed E-state index contributed by atoms with van der Waals surface area (Å²) < 4.78 is 19.8. The van der Waals surface area contributed by atoms with Crippen molar-refractivity contribution in [2.24, 2.45) is 0 Å². The van der Waals surface area contributed by atoms with Crippen molar-refractivity contribution in [2.45, 2.75) is 11.7 Å². The van der Waals surface area contributed by atoms with E-state index in [0.29, 0.717) is 27.5 Å². The predicted octanol–water partition coefficient (Wildman–Crippen LogP) is 3.02. The fourth-order valence-electron chi connectivity index (χ4n) is 3.05. The van der Waals surface area contributed by atoms with Gasteiger partial charge >= 0.3 is 0 Å². The number of hydrogen-bond donors (Lipinski definition) is 2. The summed E-state index contributed by atoms with van der Waals surface area (Å²) in [6.45, 7) is -0.0746. The number of halogens is 1. The largest absolute Gasteiger partial charge is 0.467 e. The summed E-state index contributed by atoms with van der Waals surface area (Å²) in [7, 11) is 0. The molecule has 0 fully saturated rings. The molecule has 0 atom stereocenters. The third kappa shape index (κ3) is 5.66. The average molecular weight is 466 g/mol. The van der Waals surface area contributed by atoms with Crippen LogP contribution in [0, 0.1) is 5.82 Å². The van der Waals surface area contributed by atoms with Gasteiger partial charge in [0.2, 0.25) is 11.8 Å². The van der Waals surface area contributed by atoms with Crippen LogP contribution in [0.2, 0.25) is 0 Å². The summed E-state index contributed by atoms with van der Waals surface area (Å²) in [6, 6.07) is 15.8. The van der Waals surface area contributed by atoms with E-state index in [1.165, 1.54) is 35.1 Å². The zero-order valence-electron chi connectivity index (χ0n) is 17.3. The Labute approximate surface area is 191 Å². The first kappa shape index (κ1) is 22.3. The Balaban J connectivity index is 1.41. The highest BCUT2D eigenvalue weighted by Gasteiger charge is 2.15. The van der Waals surface area contributed by atoms with Crippen molar-refractivity contribution < 1.29 is 18.4 Å². The number of nitrogens with zero attached hydrogens (tertiary/aromatic N) is 2. The van der Waals surface area contributed by atoms with Crippen LogP contribution in [0.15, 0.2) is 81.3 Å². The van der Waals surface area contributed by atoms with Gasteiger partial charge in [-0.1, -0.05) is 23.9 Å². The number of hydrogen-bond acceptors (Lipinski definition) is 6. The molecule has 0 aliphatic rings. The summed E-state index contributed by atoms with van der Waals surface area (Å²) in [4.78, 5) is 41.9. The number of carbonyl (C=O) groups is 2. The lowest BCUT2D eigenvalue weighted by atomic mass is 10.2. The second kappa shape index (κ2) is 10.1. The molecule has 0 saturated heterocycles. The van der Waals surface area contributed by atoms with Crippen molar-refractivity contribution >= 4 is 40.2 Å². The molecule has 4 aromatic rings. The third-order valence-corrected chi connectivity index (χ3v) is 5.60. The molecule has 8 nitrogen and oxygen atoms in total. The SMILES string of the molecule is O=C(CSc1nc2ccccc2c(=O)n1Cc1ccco1)NCC(=O)Nc1ccc(F)cc1. The molecule has 168 valence electrons. The number of benzene rings is 2. The molecule has 2 heterocycles. The summed E-state index contributed by atoms with van der Waals surface area (Å²) in [6.07, 6.45) is 1.52. The highest BCUT2D eigenvalue weighted by atomic mass is 32.2. The quantitative estimate of drug-likeness (QED) is 0.305. The first-order valence-corrected chi connectivity index (χ1v) is 10.9. The number of amides is 2. The van der Waals surface area contributed by atoms with Gasteiger partial charge in [0.25, 0.3) is 5.56 Å². The lowest BCUT2D eigenvalue weighted by Crippen LogP contribution is -2.34. The molecule has 0 unspecified atom stereocenters. The van der Waals surface area contributed by atoms with Gasteiger partial charge in [-0.25, -0.2) is 9.37 Å². The molecule has 2 N–H and O–H groups in total. The Bertz CT molecular complexity index is 1340. The Morgan fingerprint density at radius 3 is 2.58 bits per heavy atom. The number of para-hydroxylation sites is 1. The third-order valence-electron chi connectivity index (χ3n) is 4.63. The van der Waals surface area contributed by atoms with Gasteiger partial charge in [0, 0.05) is 5.69 Å². The van der Waals surface area contributed by atoms with Crippen LogP contribution in [0.3, 0.4) is 0 Å². The van der Waals surface area contributed by atoms with Crippen LogP contribution in [-0.4, -0.2) is 33.7 Å². The number of aromatic nitrogens is 2. The van der Waals surface area contributed by atoms with E-state index in [1.54, 1.807) is 36.4 Å². The van der Waals surface area contributed by atoms with E-state index in [0.717, 1.165) is 11.8 Å². The van der Waals surface area contributed by atoms with Crippen LogP contribution >= 0.6 is 11.8 Å². The number of rotatable bonds is 8. The Kier molecular flexibility index (Phi) is 6.84. The molecule has 33 heavy (non-hydrogen) atoms. The zero-order chi connectivity index (χ0) is 23.2. The summed E-state index contributed by atoms with van der Waals surface area (Å²) >= 11 is 1.09. The molecule has 0 aliphatic carbocycles. The fourth-order valence-corrected chi connectivity index (χ4v) is 3.88. The minimum atomic E-state index is -0.446. The lowest BCUT2D eigenvalue weighted by molar-refractivity contribution is -0.122. The van der Waals surface area contributed by atoms with Crippen LogP contribution < -0.4 is 16.2 Å². The van der Waals surface area contributed by atoms with E-state index in [4.69, 9.17) is 4.42 Å². The van der Waals surface area contributed by atoms with Gasteiger partial charge < -0.3 is 15.1 Å². The van der Waals surface area contributed by atoms with Crippen molar-refractivity contribution in [1.29, 1.82) is 0 Å². The molecule has 10 heteroatoms. The molecule has 2 aromatic carbocycles. The maximum Gasteiger partial charge on any atom is 0.262 e. The smallest absolute Gasteiger partial charge is 0.262 e. The van der Waals surface area contributed by atoms with Gasteiger partial charge in [0.05, 0.1) is 36.0 Å². The molecule has 2 amide bonds. The Morgan fingerprint density at radius 1 is 1.03 bits per heavy atom. The van der Waals surface area contributed by atoms with Gasteiger partial charge in [-0.2, -0.15) is 0 Å². The molecule has 0 saturated carbocycles. The molecule has 0 bridgehead atoms. The number of anilines is 1. The number of thioether (sulfide) groups is 1. The fraction of sp³-hybridized carbons (Fsp3) is 0.130. The summed E-state index contributed by atoms with van der Waals surface area (Å²) in [5, 5.41) is 5.92. The second-order valence-corrected chi connectivity index (χ2v) is 7.95. The van der Waals surface area contributed by atoms with Crippen molar-refractivity contribution in [2.75, 3.05) is 17.6 Å². The van der Waals surface area contributed by atoms with Gasteiger partial charge in [0.15, 0.2) is 5.16 Å². The zero-order valence-corrected chi connectivity index (χ0v) is 18.1. The standard InChI is InChI=1S/C23H19FN4O4S/c24-15-7-9-16(10-8-15)26-20(29)12-25-21(30)14-33-23-27-19-6-2-1-5-18(19)22(31)28(23)13-17-4-3-11-32-17/h1-11H,12-14H2,(H,25,30)(H,26,29). The summed E-state index contributed by atoms with van der Waals surface area (Å²) in [5.41, 5.74) is 0.714. The minimum Gasteiger partial charge on any atom is -0.467 e. The molecule has 0 aliphatic heterocycles. The van der Waals surface area contributed by atoms with Crippen LogP contribution in [0.1, 0.15) is 5.76 Å². The molecule has 0 spiro atoms. The molecule has 0 radical (unpaired) electrons. The van der Waals surface area contributed by atoms with E-state index in [1.807, 2.05) is 0 Å². The molecule has 2 aromatic heterocycles. The topological polar surface area (TPSA) is 106 Å². The van der Waals surface area contributed by atoms with E-state index >= 15 is 0 Å². The number of fused-ring (bicyclic) bond motifs is 1. The number of furan rings is 1. The normalized spacial score (nSPS) is 10.8. The van der Waals surface area contributed by atoms with Crippen LogP contribution in [0.5, 0.6) is 0 Å². The van der Waals surface area contributed by atoms with Gasteiger partial charge in [-0.3, -0.25) is 19.0 Å². The van der Waals surface area contributed by atoms with E-state index in [-0.39, 0.29) is 24.4 Å². The molecule has 4 rings (SSSR count).